The number of nitrogens with zero attached hydrogens (tertiary/aromatic N) is 1. The van der Waals surface area contributed by atoms with Crippen molar-refractivity contribution in [1.29, 1.82) is 0 Å². The highest BCUT2D eigenvalue weighted by Gasteiger charge is 2.25. The standard InChI is InChI=1S/C15H21NO/c1-12(13-8-10-16-11-9-13)15(17)14-6-4-2-3-5-7-14/h8-12,14H,2-7H2,1H3. The Morgan fingerprint density at radius 3 is 2.35 bits per heavy atom. The SMILES string of the molecule is CC(C(=O)C1CCCCCC1)c1ccncc1. The number of aromatic nitrogens is 1. The highest BCUT2D eigenvalue weighted by molar-refractivity contribution is 5.87. The van der Waals surface area contributed by atoms with E-state index in [0.29, 0.717) is 11.7 Å². The zero-order chi connectivity index (χ0) is 12.1. The Hall–Kier alpha value is -1.18. The summed E-state index contributed by atoms with van der Waals surface area (Å²) in [5.74, 6) is 0.750. The molecule has 92 valence electrons. The molecule has 0 aliphatic heterocycles. The average Bonchev–Trinajstić information content (AvgIpc) is 2.67. The largest absolute Gasteiger partial charge is 0.299 e. The van der Waals surface area contributed by atoms with E-state index < -0.39 is 0 Å². The van der Waals surface area contributed by atoms with Gasteiger partial charge in [-0.05, 0) is 30.5 Å². The number of ketones is 1. The monoisotopic (exact) mass is 231 g/mol. The first kappa shape index (κ1) is 12.3. The molecule has 1 aromatic heterocycles. The van der Waals surface area contributed by atoms with Gasteiger partial charge in [0.15, 0.2) is 0 Å². The molecule has 0 bridgehead atoms. The molecule has 1 heterocycles. The fourth-order valence-corrected chi connectivity index (χ4v) is 2.73. The molecule has 2 nitrogen and oxygen atoms in total. The maximum Gasteiger partial charge on any atom is 0.143 e. The summed E-state index contributed by atoms with van der Waals surface area (Å²) in [6, 6.07) is 3.92. The van der Waals surface area contributed by atoms with Gasteiger partial charge in [-0.15, -0.1) is 0 Å². The molecule has 0 amide bonds. The van der Waals surface area contributed by atoms with Gasteiger partial charge in [0.25, 0.3) is 0 Å². The maximum absolute atomic E-state index is 12.4. The summed E-state index contributed by atoms with van der Waals surface area (Å²) in [6.45, 7) is 2.03. The Morgan fingerprint density at radius 2 is 1.76 bits per heavy atom. The minimum atomic E-state index is 0.0288. The van der Waals surface area contributed by atoms with Crippen molar-refractivity contribution in [2.24, 2.45) is 5.92 Å². The second-order valence-corrected chi connectivity index (χ2v) is 5.09. The van der Waals surface area contributed by atoms with Gasteiger partial charge < -0.3 is 0 Å². The first-order valence-corrected chi connectivity index (χ1v) is 6.72. The van der Waals surface area contributed by atoms with E-state index in [4.69, 9.17) is 0 Å². The van der Waals surface area contributed by atoms with Crippen molar-refractivity contribution >= 4 is 5.78 Å². The predicted molar refractivity (Wildman–Crippen MR) is 68.9 cm³/mol. The molecular weight excluding hydrogens is 210 g/mol. The van der Waals surface area contributed by atoms with Crippen molar-refractivity contribution in [2.75, 3.05) is 0 Å². The Bertz CT molecular complexity index is 352. The van der Waals surface area contributed by atoms with Gasteiger partial charge in [-0.3, -0.25) is 9.78 Å². The molecule has 1 aromatic rings. The Morgan fingerprint density at radius 1 is 1.18 bits per heavy atom. The Kier molecular flexibility index (Phi) is 4.29. The van der Waals surface area contributed by atoms with Crippen molar-refractivity contribution in [2.45, 2.75) is 51.4 Å². The van der Waals surface area contributed by atoms with Gasteiger partial charge in [0.1, 0.15) is 5.78 Å². The van der Waals surface area contributed by atoms with Crippen molar-refractivity contribution in [3.05, 3.63) is 30.1 Å². The highest BCUT2D eigenvalue weighted by Crippen LogP contribution is 2.29. The second-order valence-electron chi connectivity index (χ2n) is 5.09. The summed E-state index contributed by atoms with van der Waals surface area (Å²) in [5, 5.41) is 0. The molecule has 0 N–H and O–H groups in total. The van der Waals surface area contributed by atoms with Crippen molar-refractivity contribution < 1.29 is 4.79 Å². The van der Waals surface area contributed by atoms with E-state index in [2.05, 4.69) is 4.98 Å². The van der Waals surface area contributed by atoms with Gasteiger partial charge in [0, 0.05) is 24.2 Å². The lowest BCUT2D eigenvalue weighted by Crippen LogP contribution is -2.20. The molecule has 0 aromatic carbocycles. The molecule has 0 spiro atoms. The van der Waals surface area contributed by atoms with Crippen LogP contribution in [-0.4, -0.2) is 10.8 Å². The van der Waals surface area contributed by atoms with Gasteiger partial charge in [-0.25, -0.2) is 0 Å². The molecule has 0 radical (unpaired) electrons. The summed E-state index contributed by atoms with van der Waals surface area (Å²) in [6.07, 6.45) is 10.8. The van der Waals surface area contributed by atoms with Crippen LogP contribution in [0.2, 0.25) is 0 Å². The lowest BCUT2D eigenvalue weighted by atomic mass is 9.85. The topological polar surface area (TPSA) is 30.0 Å². The van der Waals surface area contributed by atoms with Crippen LogP contribution in [-0.2, 0) is 4.79 Å². The van der Waals surface area contributed by atoms with Crippen LogP contribution in [0.25, 0.3) is 0 Å². The molecule has 1 unspecified atom stereocenters. The van der Waals surface area contributed by atoms with Crippen LogP contribution in [0, 0.1) is 5.92 Å². The van der Waals surface area contributed by atoms with Crippen LogP contribution >= 0.6 is 0 Å². The van der Waals surface area contributed by atoms with Crippen molar-refractivity contribution in [1.82, 2.24) is 4.98 Å². The van der Waals surface area contributed by atoms with Crippen LogP contribution < -0.4 is 0 Å². The molecule has 1 saturated carbocycles. The molecule has 2 heteroatoms. The zero-order valence-corrected chi connectivity index (χ0v) is 10.6. The Labute approximate surface area is 103 Å². The van der Waals surface area contributed by atoms with Gasteiger partial charge in [0.2, 0.25) is 0 Å². The quantitative estimate of drug-likeness (QED) is 0.742. The third-order valence-corrected chi connectivity index (χ3v) is 3.89. The average molecular weight is 231 g/mol. The zero-order valence-electron chi connectivity index (χ0n) is 10.6. The van der Waals surface area contributed by atoms with Gasteiger partial charge in [0.05, 0.1) is 0 Å². The van der Waals surface area contributed by atoms with E-state index in [9.17, 15) is 4.79 Å². The van der Waals surface area contributed by atoms with Crippen molar-refractivity contribution in [3.8, 4) is 0 Å². The van der Waals surface area contributed by atoms with Crippen LogP contribution in [0.3, 0.4) is 0 Å². The van der Waals surface area contributed by atoms with Crippen LogP contribution in [0.15, 0.2) is 24.5 Å². The summed E-state index contributed by atoms with van der Waals surface area (Å²) < 4.78 is 0. The normalized spacial score (nSPS) is 19.6. The van der Waals surface area contributed by atoms with E-state index in [1.807, 2.05) is 19.1 Å². The minimum absolute atomic E-state index is 0.0288. The van der Waals surface area contributed by atoms with E-state index in [1.54, 1.807) is 12.4 Å². The van der Waals surface area contributed by atoms with E-state index >= 15 is 0 Å². The number of carbonyl (C=O) groups excluding carboxylic acids is 1. The molecule has 2 rings (SSSR count). The number of pyridine rings is 1. The first-order valence-electron chi connectivity index (χ1n) is 6.72. The summed E-state index contributed by atoms with van der Waals surface area (Å²) in [5.41, 5.74) is 1.11. The number of hydrogen-bond acceptors (Lipinski definition) is 2. The van der Waals surface area contributed by atoms with Crippen LogP contribution in [0.5, 0.6) is 0 Å². The fourth-order valence-electron chi connectivity index (χ4n) is 2.73. The molecule has 0 saturated heterocycles. The molecule has 1 atom stereocenters. The minimum Gasteiger partial charge on any atom is -0.299 e. The second kappa shape index (κ2) is 5.95. The van der Waals surface area contributed by atoms with Gasteiger partial charge in [-0.1, -0.05) is 32.6 Å². The van der Waals surface area contributed by atoms with E-state index in [0.717, 1.165) is 18.4 Å². The first-order chi connectivity index (χ1) is 8.29. The third kappa shape index (κ3) is 3.15. The smallest absolute Gasteiger partial charge is 0.143 e. The number of Topliss-reactive ketones (excluding diaryl/α,β-unsaturated/α-hetero) is 1. The van der Waals surface area contributed by atoms with Gasteiger partial charge in [-0.2, -0.15) is 0 Å². The summed E-state index contributed by atoms with van der Waals surface area (Å²) in [7, 11) is 0. The summed E-state index contributed by atoms with van der Waals surface area (Å²) >= 11 is 0. The maximum atomic E-state index is 12.4. The number of carbonyl (C=O) groups is 1. The lowest BCUT2D eigenvalue weighted by Gasteiger charge is -2.18. The van der Waals surface area contributed by atoms with Gasteiger partial charge >= 0.3 is 0 Å². The number of rotatable bonds is 3. The van der Waals surface area contributed by atoms with E-state index in [-0.39, 0.29) is 5.92 Å². The fraction of sp³-hybridized carbons (Fsp3) is 0.600. The summed E-state index contributed by atoms with van der Waals surface area (Å²) in [4.78, 5) is 16.4. The highest BCUT2D eigenvalue weighted by atomic mass is 16.1. The number of hydrogen-bond donors (Lipinski definition) is 0. The molecule has 1 aliphatic carbocycles. The van der Waals surface area contributed by atoms with Crippen molar-refractivity contribution in [3.63, 3.8) is 0 Å². The molecule has 1 aliphatic rings. The van der Waals surface area contributed by atoms with Crippen LogP contribution in [0.1, 0.15) is 56.9 Å². The predicted octanol–water partition coefficient (Wildman–Crippen LogP) is 3.72. The molecular formula is C15H21NO. The third-order valence-electron chi connectivity index (χ3n) is 3.89. The molecule has 1 fully saturated rings. The van der Waals surface area contributed by atoms with Crippen LogP contribution in [0.4, 0.5) is 0 Å². The van der Waals surface area contributed by atoms with E-state index in [1.165, 1.54) is 25.7 Å². The molecule has 17 heavy (non-hydrogen) atoms. The Balaban J connectivity index is 2.03. The lowest BCUT2D eigenvalue weighted by molar-refractivity contribution is -0.124.